The Hall–Kier alpha value is -1.02. The molecular formula is C15H20Cl2N2O4S. The number of nitrogens with one attached hydrogen (secondary N) is 1. The number of rotatable bonds is 2. The van der Waals surface area contributed by atoms with Gasteiger partial charge in [-0.15, -0.1) is 0 Å². The summed E-state index contributed by atoms with van der Waals surface area (Å²) in [6, 6.07) is 4.47. The maximum absolute atomic E-state index is 13.1. The van der Waals surface area contributed by atoms with E-state index in [1.807, 2.05) is 0 Å². The predicted molar refractivity (Wildman–Crippen MR) is 93.2 cm³/mol. The lowest BCUT2D eigenvalue weighted by Gasteiger charge is -2.36. The summed E-state index contributed by atoms with van der Waals surface area (Å²) in [7, 11) is -3.97. The zero-order chi connectivity index (χ0) is 18.1. The van der Waals surface area contributed by atoms with E-state index < -0.39 is 26.9 Å². The maximum atomic E-state index is 13.1. The van der Waals surface area contributed by atoms with Crippen molar-refractivity contribution in [3.05, 3.63) is 28.2 Å². The van der Waals surface area contributed by atoms with Gasteiger partial charge in [0.2, 0.25) is 9.84 Å². The van der Waals surface area contributed by atoms with Crippen LogP contribution in [0.4, 0.5) is 4.79 Å². The average Bonchev–Trinajstić information content (AvgIpc) is 2.45. The Kier molecular flexibility index (Phi) is 5.69. The molecule has 1 N–H and O–H groups in total. The van der Waals surface area contributed by atoms with Crippen molar-refractivity contribution >= 4 is 39.1 Å². The Bertz CT molecular complexity index is 711. The third-order valence-corrected chi connectivity index (χ3v) is 6.39. The van der Waals surface area contributed by atoms with Crippen molar-refractivity contribution in [2.24, 2.45) is 0 Å². The molecule has 1 aromatic carbocycles. The first kappa shape index (κ1) is 19.3. The van der Waals surface area contributed by atoms with Gasteiger partial charge in [-0.1, -0.05) is 29.3 Å². The highest BCUT2D eigenvalue weighted by Gasteiger charge is 2.41. The minimum Gasteiger partial charge on any atom is -0.444 e. The first-order chi connectivity index (χ1) is 11.0. The molecule has 1 fully saturated rings. The molecule has 0 aliphatic carbocycles. The quantitative estimate of drug-likeness (QED) is 0.834. The van der Waals surface area contributed by atoms with Crippen LogP contribution >= 0.6 is 23.2 Å². The fourth-order valence-corrected chi connectivity index (χ4v) is 5.23. The van der Waals surface area contributed by atoms with Crippen molar-refractivity contribution < 1.29 is 17.9 Å². The van der Waals surface area contributed by atoms with Crippen LogP contribution in [0.5, 0.6) is 0 Å². The fraction of sp³-hybridized carbons (Fsp3) is 0.533. The van der Waals surface area contributed by atoms with Crippen LogP contribution in [0.3, 0.4) is 0 Å². The first-order valence-corrected chi connectivity index (χ1v) is 9.72. The summed E-state index contributed by atoms with van der Waals surface area (Å²) in [4.78, 5) is 13.5. The summed E-state index contributed by atoms with van der Waals surface area (Å²) in [5, 5.41) is 1.89. The van der Waals surface area contributed by atoms with Gasteiger partial charge in [-0.05, 0) is 32.9 Å². The second-order valence-electron chi connectivity index (χ2n) is 6.43. The third kappa shape index (κ3) is 4.14. The molecule has 1 heterocycles. The van der Waals surface area contributed by atoms with Crippen LogP contribution in [0, 0.1) is 0 Å². The number of benzene rings is 1. The minimum absolute atomic E-state index is 0.0252. The summed E-state index contributed by atoms with van der Waals surface area (Å²) < 4.78 is 31.4. The SMILES string of the molecule is CC(C)(C)OC(=O)N1CCNCC1S(=O)(=O)c1c(Cl)cccc1Cl. The van der Waals surface area contributed by atoms with Crippen molar-refractivity contribution in [3.63, 3.8) is 0 Å². The van der Waals surface area contributed by atoms with Crippen LogP contribution in [0.2, 0.25) is 10.0 Å². The van der Waals surface area contributed by atoms with Gasteiger partial charge in [0.25, 0.3) is 0 Å². The standard InChI is InChI=1S/C15H20Cl2N2O4S/c1-15(2,3)23-14(20)19-8-7-18-9-12(19)24(21,22)13-10(16)5-4-6-11(13)17/h4-6,12,18H,7-9H2,1-3H3. The summed E-state index contributed by atoms with van der Waals surface area (Å²) in [5.74, 6) is 0. The van der Waals surface area contributed by atoms with E-state index in [0.717, 1.165) is 0 Å². The van der Waals surface area contributed by atoms with E-state index >= 15 is 0 Å². The molecule has 0 aromatic heterocycles. The van der Waals surface area contributed by atoms with E-state index in [4.69, 9.17) is 27.9 Å². The highest BCUT2D eigenvalue weighted by molar-refractivity contribution is 7.92. The number of nitrogens with zero attached hydrogens (tertiary/aromatic N) is 1. The van der Waals surface area contributed by atoms with E-state index in [0.29, 0.717) is 6.54 Å². The molecule has 0 saturated carbocycles. The number of ether oxygens (including phenoxy) is 1. The lowest BCUT2D eigenvalue weighted by atomic mass is 10.2. The number of carbonyl (C=O) groups excluding carboxylic acids is 1. The van der Waals surface area contributed by atoms with Gasteiger partial charge in [-0.3, -0.25) is 4.90 Å². The Morgan fingerprint density at radius 2 is 1.88 bits per heavy atom. The molecule has 6 nitrogen and oxygen atoms in total. The third-order valence-electron chi connectivity index (χ3n) is 3.39. The molecule has 1 unspecified atom stereocenters. The first-order valence-electron chi connectivity index (χ1n) is 7.42. The van der Waals surface area contributed by atoms with Crippen molar-refractivity contribution in [2.45, 2.75) is 36.6 Å². The molecular weight excluding hydrogens is 375 g/mol. The molecule has 0 bridgehead atoms. The van der Waals surface area contributed by atoms with Gasteiger partial charge in [0.1, 0.15) is 10.5 Å². The molecule has 24 heavy (non-hydrogen) atoms. The Morgan fingerprint density at radius 1 is 1.29 bits per heavy atom. The predicted octanol–water partition coefficient (Wildman–Crippen LogP) is 2.93. The number of amides is 1. The van der Waals surface area contributed by atoms with E-state index in [-0.39, 0.29) is 28.0 Å². The monoisotopic (exact) mass is 394 g/mol. The molecule has 0 spiro atoms. The van der Waals surface area contributed by atoms with E-state index in [1.165, 1.54) is 17.0 Å². The molecule has 0 radical (unpaired) electrons. The summed E-state index contributed by atoms with van der Waals surface area (Å²) in [6.45, 7) is 5.93. The van der Waals surface area contributed by atoms with Crippen molar-refractivity contribution in [2.75, 3.05) is 19.6 Å². The van der Waals surface area contributed by atoms with Gasteiger partial charge in [0, 0.05) is 19.6 Å². The van der Waals surface area contributed by atoms with E-state index in [9.17, 15) is 13.2 Å². The van der Waals surface area contributed by atoms with Crippen LogP contribution in [0.1, 0.15) is 20.8 Å². The molecule has 1 atom stereocenters. The minimum atomic E-state index is -3.97. The molecule has 2 rings (SSSR count). The largest absolute Gasteiger partial charge is 0.444 e. The Morgan fingerprint density at radius 3 is 2.42 bits per heavy atom. The van der Waals surface area contributed by atoms with Gasteiger partial charge in [-0.2, -0.15) is 0 Å². The molecule has 134 valence electrons. The maximum Gasteiger partial charge on any atom is 0.411 e. The molecule has 1 amide bonds. The number of hydrogen-bond donors (Lipinski definition) is 1. The van der Waals surface area contributed by atoms with Crippen molar-refractivity contribution in [1.29, 1.82) is 0 Å². The molecule has 1 aliphatic heterocycles. The second-order valence-corrected chi connectivity index (χ2v) is 9.29. The summed E-state index contributed by atoms with van der Waals surface area (Å²) in [5.41, 5.74) is -0.724. The van der Waals surface area contributed by atoms with Gasteiger partial charge < -0.3 is 10.1 Å². The molecule has 9 heteroatoms. The average molecular weight is 395 g/mol. The van der Waals surface area contributed by atoms with Gasteiger partial charge >= 0.3 is 6.09 Å². The topological polar surface area (TPSA) is 75.7 Å². The Balaban J connectivity index is 2.41. The van der Waals surface area contributed by atoms with Crippen molar-refractivity contribution in [3.8, 4) is 0 Å². The number of carbonyl (C=O) groups is 1. The molecule has 1 saturated heterocycles. The fourth-order valence-electron chi connectivity index (χ4n) is 2.38. The van der Waals surface area contributed by atoms with E-state index in [1.54, 1.807) is 26.8 Å². The normalized spacial score (nSPS) is 19.2. The zero-order valence-corrected chi connectivity index (χ0v) is 16.0. The van der Waals surface area contributed by atoms with Crippen LogP contribution < -0.4 is 5.32 Å². The number of halogens is 2. The van der Waals surface area contributed by atoms with Crippen LogP contribution in [-0.2, 0) is 14.6 Å². The summed E-state index contributed by atoms with van der Waals surface area (Å²) in [6.07, 6.45) is -0.680. The lowest BCUT2D eigenvalue weighted by molar-refractivity contribution is 0.0193. The highest BCUT2D eigenvalue weighted by Crippen LogP contribution is 2.33. The van der Waals surface area contributed by atoms with Crippen LogP contribution in [0.25, 0.3) is 0 Å². The van der Waals surface area contributed by atoms with E-state index in [2.05, 4.69) is 5.32 Å². The van der Waals surface area contributed by atoms with Gasteiger partial charge in [0.05, 0.1) is 10.0 Å². The van der Waals surface area contributed by atoms with Gasteiger partial charge in [0.15, 0.2) is 5.37 Å². The smallest absolute Gasteiger partial charge is 0.411 e. The molecule has 1 aliphatic rings. The molecule has 1 aromatic rings. The van der Waals surface area contributed by atoms with Crippen LogP contribution in [-0.4, -0.2) is 50.0 Å². The zero-order valence-electron chi connectivity index (χ0n) is 13.7. The summed E-state index contributed by atoms with van der Waals surface area (Å²) >= 11 is 12.1. The number of sulfone groups is 1. The van der Waals surface area contributed by atoms with Crippen molar-refractivity contribution in [1.82, 2.24) is 10.2 Å². The van der Waals surface area contributed by atoms with Crippen LogP contribution in [0.15, 0.2) is 23.1 Å². The number of piperazine rings is 1. The highest BCUT2D eigenvalue weighted by atomic mass is 35.5. The number of hydrogen-bond acceptors (Lipinski definition) is 5. The lowest BCUT2D eigenvalue weighted by Crippen LogP contribution is -2.57. The second kappa shape index (κ2) is 7.07. The van der Waals surface area contributed by atoms with Gasteiger partial charge in [-0.25, -0.2) is 13.2 Å². The Labute approximate surface area is 152 Å².